The first-order valence-electron chi connectivity index (χ1n) is 12.9. The molecular formula is C26H33N7O5S. The number of piperazine rings is 1. The monoisotopic (exact) mass is 555 g/mol. The Morgan fingerprint density at radius 2 is 1.97 bits per heavy atom. The van der Waals surface area contributed by atoms with Gasteiger partial charge in [-0.1, -0.05) is 26.0 Å². The molecule has 1 saturated heterocycles. The molecule has 39 heavy (non-hydrogen) atoms. The van der Waals surface area contributed by atoms with Gasteiger partial charge in [0.25, 0.3) is 0 Å². The molecule has 2 aliphatic rings. The fourth-order valence-electron chi connectivity index (χ4n) is 4.66. The van der Waals surface area contributed by atoms with E-state index < -0.39 is 16.1 Å². The summed E-state index contributed by atoms with van der Waals surface area (Å²) in [6.07, 6.45) is 6.00. The highest BCUT2D eigenvalue weighted by atomic mass is 32.2. The second-order valence-corrected chi connectivity index (χ2v) is 12.0. The summed E-state index contributed by atoms with van der Waals surface area (Å²) in [6.45, 7) is 5.54. The molecule has 0 spiro atoms. The van der Waals surface area contributed by atoms with Gasteiger partial charge in [0.15, 0.2) is 11.5 Å². The molecule has 0 bridgehead atoms. The van der Waals surface area contributed by atoms with Gasteiger partial charge >= 0.3 is 0 Å². The van der Waals surface area contributed by atoms with Crippen molar-refractivity contribution < 1.29 is 22.7 Å². The summed E-state index contributed by atoms with van der Waals surface area (Å²) < 4.78 is 39.6. The molecule has 1 fully saturated rings. The molecule has 0 saturated carbocycles. The van der Waals surface area contributed by atoms with E-state index in [0.717, 1.165) is 5.69 Å². The summed E-state index contributed by atoms with van der Waals surface area (Å²) in [5.41, 5.74) is 0.840. The van der Waals surface area contributed by atoms with Crippen molar-refractivity contribution in [1.29, 1.82) is 0 Å². The summed E-state index contributed by atoms with van der Waals surface area (Å²) in [5, 5.41) is 2.94. The average molecular weight is 556 g/mol. The van der Waals surface area contributed by atoms with Crippen molar-refractivity contribution in [3.05, 3.63) is 54.7 Å². The summed E-state index contributed by atoms with van der Waals surface area (Å²) in [5.74, 6) is 2.36. The average Bonchev–Trinajstić information content (AvgIpc) is 3.46. The largest absolute Gasteiger partial charge is 0.486 e. The highest BCUT2D eigenvalue weighted by Gasteiger charge is 2.34. The lowest BCUT2D eigenvalue weighted by molar-refractivity contribution is -0.122. The van der Waals surface area contributed by atoms with E-state index in [4.69, 9.17) is 14.5 Å². The fourth-order valence-corrected chi connectivity index (χ4v) is 5.51. The van der Waals surface area contributed by atoms with Crippen LogP contribution in [0.5, 0.6) is 11.5 Å². The van der Waals surface area contributed by atoms with Crippen LogP contribution in [0.15, 0.2) is 49.1 Å². The Bertz CT molecular complexity index is 1410. The van der Waals surface area contributed by atoms with Crippen LogP contribution in [-0.2, 0) is 14.8 Å². The molecule has 1 amide bonds. The Balaban J connectivity index is 1.33. The molecule has 1 N–H and O–H groups in total. The van der Waals surface area contributed by atoms with E-state index in [9.17, 15) is 13.2 Å². The van der Waals surface area contributed by atoms with Gasteiger partial charge in [-0.3, -0.25) is 9.36 Å². The zero-order valence-corrected chi connectivity index (χ0v) is 23.0. The first kappa shape index (κ1) is 26.9. The number of hydrogen-bond acceptors (Lipinski definition) is 9. The van der Waals surface area contributed by atoms with Crippen molar-refractivity contribution in [1.82, 2.24) is 29.1 Å². The van der Waals surface area contributed by atoms with Crippen molar-refractivity contribution in [2.45, 2.75) is 38.3 Å². The van der Waals surface area contributed by atoms with Crippen molar-refractivity contribution >= 4 is 21.7 Å². The first-order valence-corrected chi connectivity index (χ1v) is 14.8. The number of carbonyl (C=O) groups excluding carboxylic acids is 1. The summed E-state index contributed by atoms with van der Waals surface area (Å²) >= 11 is 0. The van der Waals surface area contributed by atoms with Crippen molar-refractivity contribution in [3.8, 4) is 17.4 Å². The van der Waals surface area contributed by atoms with Crippen LogP contribution in [0.1, 0.15) is 31.9 Å². The van der Waals surface area contributed by atoms with Crippen LogP contribution in [-0.4, -0.2) is 89.3 Å². The van der Waals surface area contributed by atoms with E-state index in [1.54, 1.807) is 23.3 Å². The number of rotatable bonds is 8. The minimum Gasteiger partial charge on any atom is -0.486 e. The highest BCUT2D eigenvalue weighted by molar-refractivity contribution is 7.88. The zero-order chi connectivity index (χ0) is 27.6. The number of aromatic nitrogens is 4. The highest BCUT2D eigenvalue weighted by Crippen LogP contribution is 2.31. The molecule has 2 atom stereocenters. The third kappa shape index (κ3) is 6.31. The van der Waals surface area contributed by atoms with E-state index in [0.29, 0.717) is 43.0 Å². The van der Waals surface area contributed by atoms with Crippen LogP contribution in [0, 0.1) is 0 Å². The summed E-state index contributed by atoms with van der Waals surface area (Å²) in [7, 11) is -3.43. The van der Waals surface area contributed by atoms with Crippen LogP contribution in [0.25, 0.3) is 5.95 Å². The van der Waals surface area contributed by atoms with Crippen molar-refractivity contribution in [3.63, 3.8) is 0 Å². The Labute approximate surface area is 228 Å². The summed E-state index contributed by atoms with van der Waals surface area (Å²) in [4.78, 5) is 28.7. The van der Waals surface area contributed by atoms with Crippen LogP contribution >= 0.6 is 0 Å². The number of amides is 1. The quantitative estimate of drug-likeness (QED) is 0.440. The lowest BCUT2D eigenvalue weighted by atomic mass is 10.1. The molecule has 208 valence electrons. The van der Waals surface area contributed by atoms with Gasteiger partial charge in [-0.2, -0.15) is 9.29 Å². The van der Waals surface area contributed by atoms with Crippen molar-refractivity contribution in [2.24, 2.45) is 0 Å². The number of para-hydroxylation sites is 2. The van der Waals surface area contributed by atoms with Crippen LogP contribution in [0.3, 0.4) is 0 Å². The molecule has 0 radical (unpaired) electrons. The van der Waals surface area contributed by atoms with Crippen LogP contribution in [0.4, 0.5) is 5.82 Å². The predicted octanol–water partition coefficient (Wildman–Crippen LogP) is 1.58. The standard InChI is InChI=1S/C26H33N7O5S/c1-18(2)21-13-24(30-26(29-21)31-9-8-27-17-31)33-11-10-32(39(3,35)36)15-19(33)12-25(34)28-14-20-16-37-22-6-4-5-7-23(22)38-20/h4-9,13,17-20H,10-12,14-16H2,1-3H3,(H,28,34). The number of carbonyl (C=O) groups is 1. The molecule has 2 aromatic heterocycles. The molecular weight excluding hydrogens is 522 g/mol. The topological polar surface area (TPSA) is 132 Å². The van der Waals surface area contributed by atoms with E-state index >= 15 is 0 Å². The second kappa shape index (κ2) is 11.2. The molecule has 2 unspecified atom stereocenters. The van der Waals surface area contributed by atoms with Crippen LogP contribution in [0.2, 0.25) is 0 Å². The number of benzene rings is 1. The maximum absolute atomic E-state index is 13.1. The molecule has 13 heteroatoms. The first-order chi connectivity index (χ1) is 18.7. The number of sulfonamides is 1. The Morgan fingerprint density at radius 1 is 1.18 bits per heavy atom. The Kier molecular flexibility index (Phi) is 7.71. The number of ether oxygens (including phenoxy) is 2. The molecule has 3 aromatic rings. The third-order valence-electron chi connectivity index (χ3n) is 6.77. The number of imidazole rings is 1. The Morgan fingerprint density at radius 3 is 2.69 bits per heavy atom. The van der Waals surface area contributed by atoms with Gasteiger partial charge in [-0.05, 0) is 18.1 Å². The fraction of sp³-hybridized carbons (Fsp3) is 0.462. The molecule has 4 heterocycles. The van der Waals surface area contributed by atoms with Crippen LogP contribution < -0.4 is 19.7 Å². The van der Waals surface area contributed by atoms with Gasteiger partial charge in [0.1, 0.15) is 24.9 Å². The van der Waals surface area contributed by atoms with E-state index in [1.807, 2.05) is 49.1 Å². The van der Waals surface area contributed by atoms with Gasteiger partial charge in [-0.15, -0.1) is 0 Å². The lowest BCUT2D eigenvalue weighted by Crippen LogP contribution is -2.56. The number of nitrogens with one attached hydrogen (secondary N) is 1. The third-order valence-corrected chi connectivity index (χ3v) is 8.04. The summed E-state index contributed by atoms with van der Waals surface area (Å²) in [6, 6.07) is 8.89. The number of nitrogens with zero attached hydrogens (tertiary/aromatic N) is 6. The smallest absolute Gasteiger partial charge is 0.237 e. The molecule has 2 aliphatic heterocycles. The SMILES string of the molecule is CC(C)c1cc(N2CCN(S(C)(=O)=O)CC2CC(=O)NCC2COc3ccccc3O2)nc(-n2ccnc2)n1. The number of fused-ring (bicyclic) bond motifs is 1. The molecule has 12 nitrogen and oxygen atoms in total. The van der Waals surface area contributed by atoms with E-state index in [2.05, 4.69) is 15.3 Å². The van der Waals surface area contributed by atoms with Gasteiger partial charge in [0, 0.05) is 44.5 Å². The van der Waals surface area contributed by atoms with E-state index in [-0.39, 0.29) is 37.4 Å². The molecule has 0 aliphatic carbocycles. The number of hydrogen-bond donors (Lipinski definition) is 1. The zero-order valence-electron chi connectivity index (χ0n) is 22.2. The van der Waals surface area contributed by atoms with Gasteiger partial charge in [0.2, 0.25) is 21.9 Å². The van der Waals surface area contributed by atoms with E-state index in [1.165, 1.54) is 10.6 Å². The predicted molar refractivity (Wildman–Crippen MR) is 145 cm³/mol. The normalized spacial score (nSPS) is 19.7. The molecule has 5 rings (SSSR count). The van der Waals surface area contributed by atoms with Gasteiger partial charge in [-0.25, -0.2) is 18.4 Å². The van der Waals surface area contributed by atoms with Crippen molar-refractivity contribution in [2.75, 3.05) is 43.9 Å². The minimum atomic E-state index is -3.43. The lowest BCUT2D eigenvalue weighted by Gasteiger charge is -2.41. The second-order valence-electron chi connectivity index (χ2n) is 10.0. The minimum absolute atomic E-state index is 0.0810. The van der Waals surface area contributed by atoms with Gasteiger partial charge in [0.05, 0.1) is 24.5 Å². The number of anilines is 1. The maximum Gasteiger partial charge on any atom is 0.237 e. The molecule has 1 aromatic carbocycles. The maximum atomic E-state index is 13.1. The van der Waals surface area contributed by atoms with Gasteiger partial charge < -0.3 is 19.7 Å². The Hall–Kier alpha value is -3.71.